The van der Waals surface area contributed by atoms with E-state index in [2.05, 4.69) is 55.6 Å². The van der Waals surface area contributed by atoms with Crippen molar-refractivity contribution < 1.29 is 28.4 Å². The molecule has 9 heteroatoms. The number of nitrogens with two attached hydrogens (primary N) is 1. The Kier molecular flexibility index (Phi) is 42.8. The van der Waals surface area contributed by atoms with Gasteiger partial charge in [-0.1, -0.05) is 191 Å². The molecule has 8 nitrogen and oxygen atoms in total. The molecule has 0 aliphatic rings. The number of hydrogen-bond donors (Lipinski definition) is 4. The molecule has 334 valence electrons. The van der Waals surface area contributed by atoms with E-state index < -0.39 is 20.0 Å². The average Bonchev–Trinajstić information content (AvgIpc) is 3.20. The van der Waals surface area contributed by atoms with Gasteiger partial charge in [-0.15, -0.1) is 0 Å². The second-order valence-corrected chi connectivity index (χ2v) is 17.4. The van der Waals surface area contributed by atoms with E-state index in [1.54, 1.807) is 6.08 Å². The van der Waals surface area contributed by atoms with Crippen molar-refractivity contribution in [2.45, 2.75) is 231 Å². The Labute approximate surface area is 352 Å². The molecule has 0 rings (SSSR count). The van der Waals surface area contributed by atoms with Crippen molar-refractivity contribution in [1.29, 1.82) is 0 Å². The maximum absolute atomic E-state index is 12.8. The Morgan fingerprint density at radius 3 is 1.35 bits per heavy atom. The predicted octanol–water partition coefficient (Wildman–Crippen LogP) is 13.7. The molecule has 0 spiro atoms. The highest BCUT2D eigenvalue weighted by Gasteiger charge is 2.26. The summed E-state index contributed by atoms with van der Waals surface area (Å²) >= 11 is 0. The molecular weight excluding hydrogens is 732 g/mol. The highest BCUT2D eigenvalue weighted by atomic mass is 31.2. The summed E-state index contributed by atoms with van der Waals surface area (Å²) in [5.41, 5.74) is 5.38. The number of amides is 1. The van der Waals surface area contributed by atoms with Crippen LogP contribution in [0.2, 0.25) is 0 Å². The number of phosphoric acid groups is 1. The summed E-state index contributed by atoms with van der Waals surface area (Å²) in [4.78, 5) is 22.7. The van der Waals surface area contributed by atoms with Crippen molar-refractivity contribution in [2.75, 3.05) is 19.8 Å². The molecule has 3 unspecified atom stereocenters. The number of unbranched alkanes of at least 4 members (excludes halogenated alkanes) is 26. The lowest BCUT2D eigenvalue weighted by Gasteiger charge is -2.23. The van der Waals surface area contributed by atoms with E-state index >= 15 is 0 Å². The van der Waals surface area contributed by atoms with E-state index in [0.717, 1.165) is 44.9 Å². The maximum Gasteiger partial charge on any atom is 0.472 e. The number of carbonyl (C=O) groups excluding carboxylic acids is 1. The SMILES string of the molecule is CCCCCCCCC/C=C/CC/C=C/CC/C=C/C(O)C(COP(=O)(O)OCCN)NC(=O)CCCCCCCCCCC/C=C\CCCCCCCCCC. The zero-order valence-corrected chi connectivity index (χ0v) is 38.0. The van der Waals surface area contributed by atoms with Crippen LogP contribution in [-0.4, -0.2) is 47.8 Å². The molecule has 0 aliphatic heterocycles. The van der Waals surface area contributed by atoms with Crippen LogP contribution in [0.3, 0.4) is 0 Å². The highest BCUT2D eigenvalue weighted by molar-refractivity contribution is 7.47. The topological polar surface area (TPSA) is 131 Å². The first kappa shape index (κ1) is 55.5. The van der Waals surface area contributed by atoms with Gasteiger partial charge in [0.25, 0.3) is 0 Å². The van der Waals surface area contributed by atoms with Crippen molar-refractivity contribution in [1.82, 2.24) is 5.32 Å². The van der Waals surface area contributed by atoms with Crippen molar-refractivity contribution in [3.8, 4) is 0 Å². The second kappa shape index (κ2) is 44.0. The van der Waals surface area contributed by atoms with Gasteiger partial charge in [0.1, 0.15) is 0 Å². The van der Waals surface area contributed by atoms with Gasteiger partial charge in [-0.25, -0.2) is 4.57 Å². The van der Waals surface area contributed by atoms with Crippen LogP contribution in [-0.2, 0) is 18.4 Å². The van der Waals surface area contributed by atoms with E-state index in [1.165, 1.54) is 154 Å². The van der Waals surface area contributed by atoms with Crippen LogP contribution in [0.15, 0.2) is 48.6 Å². The van der Waals surface area contributed by atoms with Crippen LogP contribution in [0, 0.1) is 0 Å². The number of aliphatic hydroxyl groups is 1. The smallest absolute Gasteiger partial charge is 0.387 e. The van der Waals surface area contributed by atoms with Gasteiger partial charge in [0.05, 0.1) is 25.4 Å². The number of phosphoric ester groups is 1. The number of aliphatic hydroxyl groups excluding tert-OH is 1. The minimum Gasteiger partial charge on any atom is -0.387 e. The Hall–Kier alpha value is -1.54. The minimum atomic E-state index is -4.35. The predicted molar refractivity (Wildman–Crippen MR) is 244 cm³/mol. The summed E-state index contributed by atoms with van der Waals surface area (Å²) in [5, 5.41) is 13.7. The molecule has 0 aromatic carbocycles. The fourth-order valence-corrected chi connectivity index (χ4v) is 7.51. The Morgan fingerprint density at radius 2 is 0.930 bits per heavy atom. The van der Waals surface area contributed by atoms with Crippen LogP contribution in [0.1, 0.15) is 219 Å². The summed E-state index contributed by atoms with van der Waals surface area (Å²) in [5.74, 6) is -0.210. The molecular formula is C48H91N2O6P. The van der Waals surface area contributed by atoms with E-state index in [4.69, 9.17) is 14.8 Å². The first-order valence-corrected chi connectivity index (χ1v) is 25.3. The molecule has 5 N–H and O–H groups in total. The van der Waals surface area contributed by atoms with Gasteiger partial charge in [0, 0.05) is 13.0 Å². The number of rotatable bonds is 44. The zero-order valence-electron chi connectivity index (χ0n) is 37.1. The van der Waals surface area contributed by atoms with Gasteiger partial charge < -0.3 is 21.1 Å². The number of nitrogens with one attached hydrogen (secondary N) is 1. The van der Waals surface area contributed by atoms with Crippen LogP contribution in [0.4, 0.5) is 0 Å². The summed E-state index contributed by atoms with van der Waals surface area (Å²) in [6, 6.07) is -0.885. The Morgan fingerprint density at radius 1 is 0.561 bits per heavy atom. The largest absolute Gasteiger partial charge is 0.472 e. The maximum atomic E-state index is 12.8. The lowest BCUT2D eigenvalue weighted by molar-refractivity contribution is -0.123. The molecule has 1 amide bonds. The molecule has 0 bridgehead atoms. The van der Waals surface area contributed by atoms with Crippen molar-refractivity contribution in [2.24, 2.45) is 5.73 Å². The fraction of sp³-hybridized carbons (Fsp3) is 0.812. The summed E-state index contributed by atoms with van der Waals surface area (Å²) in [6.45, 7) is 4.11. The number of hydrogen-bond acceptors (Lipinski definition) is 6. The molecule has 0 aliphatic carbocycles. The molecule has 0 fully saturated rings. The van der Waals surface area contributed by atoms with Gasteiger partial charge in [-0.3, -0.25) is 13.8 Å². The second-order valence-electron chi connectivity index (χ2n) is 15.9. The van der Waals surface area contributed by atoms with Crippen molar-refractivity contribution in [3.05, 3.63) is 48.6 Å². The number of allylic oxidation sites excluding steroid dienone is 7. The van der Waals surface area contributed by atoms with E-state index in [0.29, 0.717) is 6.42 Å². The molecule has 0 aromatic heterocycles. The number of carbonyl (C=O) groups is 1. The minimum absolute atomic E-state index is 0.0707. The first-order valence-electron chi connectivity index (χ1n) is 23.8. The molecule has 0 radical (unpaired) electrons. The van der Waals surface area contributed by atoms with E-state index in [-0.39, 0.29) is 25.7 Å². The lowest BCUT2D eigenvalue weighted by atomic mass is 10.0. The van der Waals surface area contributed by atoms with Crippen LogP contribution >= 0.6 is 7.82 Å². The van der Waals surface area contributed by atoms with E-state index in [1.807, 2.05) is 6.08 Å². The van der Waals surface area contributed by atoms with Gasteiger partial charge in [-0.05, 0) is 70.6 Å². The summed E-state index contributed by atoms with van der Waals surface area (Å²) in [6.07, 6.45) is 54.5. The first-order chi connectivity index (χ1) is 27.9. The van der Waals surface area contributed by atoms with Gasteiger partial charge in [-0.2, -0.15) is 0 Å². The normalized spacial score (nSPS) is 14.4. The third kappa shape index (κ3) is 42.4. The fourth-order valence-electron chi connectivity index (χ4n) is 6.75. The van der Waals surface area contributed by atoms with Gasteiger partial charge in [0.2, 0.25) is 5.91 Å². The third-order valence-electron chi connectivity index (χ3n) is 10.4. The van der Waals surface area contributed by atoms with Gasteiger partial charge >= 0.3 is 7.82 Å². The van der Waals surface area contributed by atoms with Crippen LogP contribution < -0.4 is 11.1 Å². The van der Waals surface area contributed by atoms with Crippen LogP contribution in [0.5, 0.6) is 0 Å². The standard InChI is InChI=1S/C48H91N2O6P/c1-3-5-7-9-11-13-15-17-19-21-22-23-24-26-28-30-32-34-36-38-40-42-48(52)50-46(45-56-57(53,54)55-44-43-49)47(51)41-39-37-35-33-31-29-27-25-20-18-16-14-12-10-8-6-4-2/h20-22,25,31,33,39,41,46-47,51H,3-19,23-24,26-30,32,34-38,40,42-45,49H2,1-2H3,(H,50,52)(H,53,54)/b22-21-,25-20+,33-31+,41-39+. The molecule has 0 saturated carbocycles. The monoisotopic (exact) mass is 823 g/mol. The summed E-state index contributed by atoms with van der Waals surface area (Å²) < 4.78 is 22.1. The van der Waals surface area contributed by atoms with Gasteiger partial charge in [0.15, 0.2) is 0 Å². The average molecular weight is 823 g/mol. The van der Waals surface area contributed by atoms with E-state index in [9.17, 15) is 19.4 Å². The van der Waals surface area contributed by atoms with Crippen molar-refractivity contribution in [3.63, 3.8) is 0 Å². The molecule has 57 heavy (non-hydrogen) atoms. The molecule has 0 heterocycles. The third-order valence-corrected chi connectivity index (χ3v) is 11.3. The Bertz CT molecular complexity index is 1030. The summed E-state index contributed by atoms with van der Waals surface area (Å²) in [7, 11) is -4.35. The lowest BCUT2D eigenvalue weighted by Crippen LogP contribution is -2.45. The molecule has 3 atom stereocenters. The van der Waals surface area contributed by atoms with Crippen LogP contribution in [0.25, 0.3) is 0 Å². The Balaban J connectivity index is 4.21. The van der Waals surface area contributed by atoms with Crippen molar-refractivity contribution >= 4 is 13.7 Å². The quantitative estimate of drug-likeness (QED) is 0.0273. The molecule has 0 saturated heterocycles. The highest BCUT2D eigenvalue weighted by Crippen LogP contribution is 2.43. The zero-order chi connectivity index (χ0) is 41.8. The molecule has 0 aromatic rings.